The monoisotopic (exact) mass is 317 g/mol. The summed E-state index contributed by atoms with van der Waals surface area (Å²) in [7, 11) is 0. The van der Waals surface area contributed by atoms with Crippen LogP contribution < -0.4 is 10.1 Å². The Balaban J connectivity index is 1.51. The van der Waals surface area contributed by atoms with E-state index in [1.165, 1.54) is 12.3 Å². The highest BCUT2D eigenvalue weighted by Crippen LogP contribution is 2.20. The molecule has 5 nitrogen and oxygen atoms in total. The van der Waals surface area contributed by atoms with Crippen LogP contribution in [0, 0.1) is 5.82 Å². The molecule has 0 saturated carbocycles. The van der Waals surface area contributed by atoms with Crippen molar-refractivity contribution in [2.24, 2.45) is 0 Å². The van der Waals surface area contributed by atoms with Crippen LogP contribution in [0.1, 0.15) is 0 Å². The molecule has 3 rings (SSSR count). The molecule has 0 unspecified atom stereocenters. The lowest BCUT2D eigenvalue weighted by Gasteiger charge is -2.26. The van der Waals surface area contributed by atoms with E-state index in [1.807, 2.05) is 24.3 Å². The minimum atomic E-state index is -0.351. The van der Waals surface area contributed by atoms with Crippen molar-refractivity contribution < 1.29 is 13.9 Å². The molecule has 0 spiro atoms. The predicted molar refractivity (Wildman–Crippen MR) is 86.7 cm³/mol. The second kappa shape index (κ2) is 7.89. The van der Waals surface area contributed by atoms with E-state index in [1.54, 1.807) is 6.07 Å². The number of ether oxygens (including phenoxy) is 2. The number of rotatable bonds is 6. The molecule has 1 aliphatic rings. The Hall–Kier alpha value is -2.18. The van der Waals surface area contributed by atoms with Crippen LogP contribution in [0.15, 0.2) is 42.6 Å². The second-order valence-corrected chi connectivity index (χ2v) is 5.32. The summed E-state index contributed by atoms with van der Waals surface area (Å²) in [5.41, 5.74) is 0.855. The lowest BCUT2D eigenvalue weighted by molar-refractivity contribution is 0.0322. The first-order chi connectivity index (χ1) is 11.3. The summed E-state index contributed by atoms with van der Waals surface area (Å²) in [6.45, 7) is 5.04. The van der Waals surface area contributed by atoms with E-state index < -0.39 is 0 Å². The van der Waals surface area contributed by atoms with Crippen LogP contribution in [-0.4, -0.2) is 49.3 Å². The van der Waals surface area contributed by atoms with Gasteiger partial charge >= 0.3 is 0 Å². The normalized spacial score (nSPS) is 15.3. The number of benzene rings is 1. The molecule has 1 aliphatic heterocycles. The highest BCUT2D eigenvalue weighted by Gasteiger charge is 2.09. The van der Waals surface area contributed by atoms with Crippen LogP contribution in [0.4, 0.5) is 15.9 Å². The minimum absolute atomic E-state index is 0.351. The number of aromatic nitrogens is 1. The molecular formula is C17H20FN3O2. The van der Waals surface area contributed by atoms with Gasteiger partial charge in [-0.15, -0.1) is 0 Å². The Morgan fingerprint density at radius 3 is 2.87 bits per heavy atom. The largest absolute Gasteiger partial charge is 0.492 e. The quantitative estimate of drug-likeness (QED) is 0.887. The maximum atomic E-state index is 12.9. The smallest absolute Gasteiger partial charge is 0.141 e. The number of morpholine rings is 1. The van der Waals surface area contributed by atoms with Gasteiger partial charge in [-0.25, -0.2) is 9.37 Å². The summed E-state index contributed by atoms with van der Waals surface area (Å²) >= 11 is 0. The number of hydrogen-bond donors (Lipinski definition) is 1. The first kappa shape index (κ1) is 15.7. The van der Waals surface area contributed by atoms with Gasteiger partial charge in [0.05, 0.1) is 19.4 Å². The third kappa shape index (κ3) is 4.91. The highest BCUT2D eigenvalue weighted by atomic mass is 19.1. The molecule has 1 N–H and O–H groups in total. The van der Waals surface area contributed by atoms with Crippen molar-refractivity contribution in [2.75, 3.05) is 44.8 Å². The number of anilines is 2. The molecule has 6 heteroatoms. The van der Waals surface area contributed by atoms with Crippen molar-refractivity contribution in [3.05, 3.63) is 48.4 Å². The first-order valence-electron chi connectivity index (χ1n) is 7.71. The summed E-state index contributed by atoms with van der Waals surface area (Å²) < 4.78 is 24.0. The van der Waals surface area contributed by atoms with E-state index in [9.17, 15) is 4.39 Å². The standard InChI is InChI=1S/C17H20FN3O2/c18-14-4-5-17(19-13-14)20-15-2-1-3-16(12-15)23-11-8-21-6-9-22-10-7-21/h1-5,12-13H,6-11H2,(H,19,20). The van der Waals surface area contributed by atoms with Gasteiger partial charge in [-0.3, -0.25) is 4.90 Å². The van der Waals surface area contributed by atoms with E-state index in [-0.39, 0.29) is 5.82 Å². The van der Waals surface area contributed by atoms with Gasteiger partial charge < -0.3 is 14.8 Å². The Labute approximate surface area is 135 Å². The zero-order valence-electron chi connectivity index (χ0n) is 12.9. The number of nitrogens with zero attached hydrogens (tertiary/aromatic N) is 2. The Morgan fingerprint density at radius 1 is 1.22 bits per heavy atom. The average Bonchev–Trinajstić information content (AvgIpc) is 2.58. The molecule has 1 aromatic carbocycles. The van der Waals surface area contributed by atoms with Gasteiger partial charge in [0.15, 0.2) is 0 Å². The molecule has 122 valence electrons. The van der Waals surface area contributed by atoms with Gasteiger partial charge in [-0.1, -0.05) is 6.07 Å². The molecule has 0 radical (unpaired) electrons. The predicted octanol–water partition coefficient (Wildman–Crippen LogP) is 2.68. The van der Waals surface area contributed by atoms with Gasteiger partial charge in [0, 0.05) is 31.4 Å². The lowest BCUT2D eigenvalue weighted by atomic mass is 10.3. The molecule has 0 atom stereocenters. The molecule has 0 aliphatic carbocycles. The first-order valence-corrected chi connectivity index (χ1v) is 7.71. The molecular weight excluding hydrogens is 297 g/mol. The van der Waals surface area contributed by atoms with E-state index >= 15 is 0 Å². The minimum Gasteiger partial charge on any atom is -0.492 e. The molecule has 0 bridgehead atoms. The van der Waals surface area contributed by atoms with Gasteiger partial charge in [0.2, 0.25) is 0 Å². The van der Waals surface area contributed by atoms with Crippen molar-refractivity contribution in [1.29, 1.82) is 0 Å². The van der Waals surface area contributed by atoms with Crippen molar-refractivity contribution in [1.82, 2.24) is 9.88 Å². The Morgan fingerprint density at radius 2 is 2.09 bits per heavy atom. The molecule has 1 saturated heterocycles. The van der Waals surface area contributed by atoms with Crippen LogP contribution in [-0.2, 0) is 4.74 Å². The van der Waals surface area contributed by atoms with Crippen LogP contribution in [0.2, 0.25) is 0 Å². The van der Waals surface area contributed by atoms with E-state index in [0.717, 1.165) is 44.3 Å². The van der Waals surface area contributed by atoms with Crippen LogP contribution in [0.3, 0.4) is 0 Å². The molecule has 23 heavy (non-hydrogen) atoms. The summed E-state index contributed by atoms with van der Waals surface area (Å²) in [6.07, 6.45) is 1.19. The van der Waals surface area contributed by atoms with Gasteiger partial charge in [-0.2, -0.15) is 0 Å². The van der Waals surface area contributed by atoms with Crippen LogP contribution in [0.5, 0.6) is 5.75 Å². The van der Waals surface area contributed by atoms with E-state index in [4.69, 9.17) is 9.47 Å². The average molecular weight is 317 g/mol. The third-order valence-corrected chi connectivity index (χ3v) is 3.61. The SMILES string of the molecule is Fc1ccc(Nc2cccc(OCCN3CCOCC3)c2)nc1. The molecule has 2 heterocycles. The number of halogens is 1. The zero-order chi connectivity index (χ0) is 15.9. The second-order valence-electron chi connectivity index (χ2n) is 5.32. The fourth-order valence-corrected chi connectivity index (χ4v) is 2.38. The van der Waals surface area contributed by atoms with Crippen molar-refractivity contribution in [3.8, 4) is 5.75 Å². The van der Waals surface area contributed by atoms with Gasteiger partial charge in [0.25, 0.3) is 0 Å². The third-order valence-electron chi connectivity index (χ3n) is 3.61. The number of nitrogens with one attached hydrogen (secondary N) is 1. The van der Waals surface area contributed by atoms with Crippen molar-refractivity contribution in [3.63, 3.8) is 0 Å². The zero-order valence-corrected chi connectivity index (χ0v) is 12.9. The Kier molecular flexibility index (Phi) is 5.39. The molecule has 0 amide bonds. The maximum Gasteiger partial charge on any atom is 0.141 e. The number of pyridine rings is 1. The molecule has 1 fully saturated rings. The molecule has 2 aromatic rings. The molecule has 1 aromatic heterocycles. The summed E-state index contributed by atoms with van der Waals surface area (Å²) in [4.78, 5) is 6.31. The highest BCUT2D eigenvalue weighted by molar-refractivity contribution is 5.57. The Bertz CT molecular complexity index is 615. The van der Waals surface area contributed by atoms with Crippen molar-refractivity contribution >= 4 is 11.5 Å². The fourth-order valence-electron chi connectivity index (χ4n) is 2.38. The van der Waals surface area contributed by atoms with Crippen molar-refractivity contribution in [2.45, 2.75) is 0 Å². The maximum absolute atomic E-state index is 12.9. The van der Waals surface area contributed by atoms with Crippen LogP contribution >= 0.6 is 0 Å². The van der Waals surface area contributed by atoms with Gasteiger partial charge in [0.1, 0.15) is 24.0 Å². The summed E-state index contributed by atoms with van der Waals surface area (Å²) in [6, 6.07) is 10.6. The topological polar surface area (TPSA) is 46.6 Å². The van der Waals surface area contributed by atoms with Gasteiger partial charge in [-0.05, 0) is 24.3 Å². The van der Waals surface area contributed by atoms with E-state index in [0.29, 0.717) is 12.4 Å². The van der Waals surface area contributed by atoms with Crippen LogP contribution in [0.25, 0.3) is 0 Å². The summed E-state index contributed by atoms with van der Waals surface area (Å²) in [5, 5.41) is 3.13. The van der Waals surface area contributed by atoms with E-state index in [2.05, 4.69) is 15.2 Å². The lowest BCUT2D eigenvalue weighted by Crippen LogP contribution is -2.38. The fraction of sp³-hybridized carbons (Fsp3) is 0.353. The number of hydrogen-bond acceptors (Lipinski definition) is 5. The summed E-state index contributed by atoms with van der Waals surface area (Å²) in [5.74, 6) is 1.04.